The summed E-state index contributed by atoms with van der Waals surface area (Å²) in [4.78, 5) is 44.0. The summed E-state index contributed by atoms with van der Waals surface area (Å²) in [5.41, 5.74) is 4.47. The van der Waals surface area contributed by atoms with Crippen LogP contribution in [0.1, 0.15) is 56.8 Å². The lowest BCUT2D eigenvalue weighted by Crippen LogP contribution is -2.51. The van der Waals surface area contributed by atoms with E-state index in [-0.39, 0.29) is 19.1 Å². The zero-order valence-electron chi connectivity index (χ0n) is 28.3. The fourth-order valence-electron chi connectivity index (χ4n) is 6.97. The minimum Gasteiger partial charge on any atom is -0.465 e. The number of fused-ring (bicyclic) bond motifs is 1. The monoisotopic (exact) mass is 662 g/mol. The van der Waals surface area contributed by atoms with Crippen LogP contribution >= 0.6 is 0 Å². The summed E-state index contributed by atoms with van der Waals surface area (Å²) in [6.45, 7) is 4.25. The van der Waals surface area contributed by atoms with Gasteiger partial charge in [0.05, 0.1) is 37.4 Å². The zero-order chi connectivity index (χ0) is 34.5. The average molecular weight is 663 g/mol. The molecule has 2 aliphatic rings. The van der Waals surface area contributed by atoms with E-state index >= 15 is 4.79 Å². The van der Waals surface area contributed by atoms with Crippen molar-refractivity contribution in [3.8, 4) is 0 Å². The van der Waals surface area contributed by atoms with Gasteiger partial charge in [-0.25, -0.2) is 14.4 Å². The second-order valence-electron chi connectivity index (χ2n) is 13.0. The minimum atomic E-state index is -0.910. The molecule has 2 aliphatic heterocycles. The molecule has 0 spiro atoms. The van der Waals surface area contributed by atoms with E-state index in [4.69, 9.17) is 18.9 Å². The van der Waals surface area contributed by atoms with Crippen LogP contribution in [0.15, 0.2) is 109 Å². The first-order valence-electron chi connectivity index (χ1n) is 16.5. The maximum Gasteiger partial charge on any atom is 0.337 e. The van der Waals surface area contributed by atoms with Crippen molar-refractivity contribution < 1.29 is 33.3 Å². The third kappa shape index (κ3) is 7.69. The van der Waals surface area contributed by atoms with Gasteiger partial charge in [-0.15, -0.1) is 0 Å². The lowest BCUT2D eigenvalue weighted by atomic mass is 9.91. The van der Waals surface area contributed by atoms with Gasteiger partial charge in [0.1, 0.15) is 12.2 Å². The van der Waals surface area contributed by atoms with Gasteiger partial charge in [0, 0.05) is 13.1 Å². The van der Waals surface area contributed by atoms with Crippen molar-refractivity contribution in [2.75, 3.05) is 14.2 Å². The maximum atomic E-state index is 15.3. The molecule has 6 rings (SSSR count). The van der Waals surface area contributed by atoms with E-state index in [9.17, 15) is 9.59 Å². The minimum absolute atomic E-state index is 0.201. The van der Waals surface area contributed by atoms with Crippen LogP contribution in [-0.2, 0) is 44.9 Å². The highest BCUT2D eigenvalue weighted by molar-refractivity contribution is 5.90. The van der Waals surface area contributed by atoms with E-state index < -0.39 is 42.0 Å². The third-order valence-corrected chi connectivity index (χ3v) is 9.19. The Labute approximate surface area is 287 Å². The number of carbonyl (C=O) groups is 3. The number of urea groups is 1. The van der Waals surface area contributed by atoms with E-state index in [0.717, 1.165) is 22.3 Å². The molecule has 0 aromatic heterocycles. The fourth-order valence-corrected chi connectivity index (χ4v) is 6.97. The smallest absolute Gasteiger partial charge is 0.337 e. The van der Waals surface area contributed by atoms with E-state index in [1.54, 1.807) is 36.4 Å². The average Bonchev–Trinajstić information content (AvgIpc) is 3.42. The number of amides is 2. The molecule has 0 saturated carbocycles. The highest BCUT2D eigenvalue weighted by atomic mass is 16.8. The summed E-state index contributed by atoms with van der Waals surface area (Å²) in [7, 11) is 2.70. The summed E-state index contributed by atoms with van der Waals surface area (Å²) < 4.78 is 23.5. The predicted molar refractivity (Wildman–Crippen MR) is 184 cm³/mol. The first-order chi connectivity index (χ1) is 23.7. The number of hydrogen-bond donors (Lipinski definition) is 0. The topological polar surface area (TPSA) is 94.6 Å². The molecule has 2 amide bonds. The number of nitrogens with zero attached hydrogens (tertiary/aromatic N) is 2. The molecule has 2 saturated heterocycles. The number of methoxy groups -OCH3 is 2. The number of carbonyl (C=O) groups excluding carboxylic acids is 3. The summed E-state index contributed by atoms with van der Waals surface area (Å²) in [5.74, 6) is -1.81. The Morgan fingerprint density at radius 3 is 1.39 bits per heavy atom. The highest BCUT2D eigenvalue weighted by Gasteiger charge is 2.55. The highest BCUT2D eigenvalue weighted by Crippen LogP contribution is 2.40. The van der Waals surface area contributed by atoms with Crippen molar-refractivity contribution in [2.45, 2.75) is 69.9 Å². The zero-order valence-corrected chi connectivity index (χ0v) is 28.3. The Bertz CT molecular complexity index is 1650. The molecule has 2 fully saturated rings. The number of benzene rings is 4. The van der Waals surface area contributed by atoms with Crippen molar-refractivity contribution in [1.82, 2.24) is 9.80 Å². The van der Waals surface area contributed by atoms with Gasteiger partial charge in [0.15, 0.2) is 5.79 Å². The molecule has 1 unspecified atom stereocenters. The summed E-state index contributed by atoms with van der Waals surface area (Å²) in [5, 5.41) is 0. The van der Waals surface area contributed by atoms with Gasteiger partial charge in [0.25, 0.3) is 0 Å². The first kappa shape index (κ1) is 33.9. The Morgan fingerprint density at radius 1 is 0.612 bits per heavy atom. The molecule has 254 valence electrons. The number of rotatable bonds is 10. The number of esters is 2. The van der Waals surface area contributed by atoms with E-state index in [2.05, 4.69) is 24.3 Å². The Balaban J connectivity index is 1.49. The van der Waals surface area contributed by atoms with Crippen LogP contribution in [0.4, 0.5) is 4.79 Å². The van der Waals surface area contributed by atoms with Crippen LogP contribution in [0.25, 0.3) is 0 Å². The second kappa shape index (κ2) is 14.6. The van der Waals surface area contributed by atoms with Crippen molar-refractivity contribution in [3.05, 3.63) is 143 Å². The molecule has 49 heavy (non-hydrogen) atoms. The summed E-state index contributed by atoms with van der Waals surface area (Å²) in [6.07, 6.45) is 0.0763. The molecule has 0 aliphatic carbocycles. The van der Waals surface area contributed by atoms with Crippen LogP contribution in [-0.4, -0.2) is 72.1 Å². The van der Waals surface area contributed by atoms with Crippen molar-refractivity contribution in [3.63, 3.8) is 0 Å². The molecule has 0 radical (unpaired) electrons. The standard InChI is InChI=1S/C40H42N2O7/c1-40(2)48-35-33(23-27-13-7-5-8-14-27)41(25-29-17-11-19-31(21-29)37(43)46-3)39(45)42(26-30-18-12-20-32(22-30)38(44)47-4)34(36(35)49-40)24-28-15-9-6-10-16-28/h5-22,33-36H,23-26H2,1-4H3/t33-,34-,35+,36?/m1/s1. The lowest BCUT2D eigenvalue weighted by molar-refractivity contribution is -0.157. The van der Waals surface area contributed by atoms with Crippen LogP contribution in [0.5, 0.6) is 0 Å². The van der Waals surface area contributed by atoms with Crippen molar-refractivity contribution >= 4 is 18.0 Å². The summed E-state index contributed by atoms with van der Waals surface area (Å²) in [6, 6.07) is 33.4. The molecular weight excluding hydrogens is 620 g/mol. The SMILES string of the molecule is COC(=O)c1cccc(CN2C(=O)N(Cc3cccc(C(=O)OC)c3)[C@H](Cc3ccccc3)[C@@H]3OC(C)(C)OC3[C@H]2Cc2ccccc2)c1. The molecule has 0 N–H and O–H groups in total. The van der Waals surface area contributed by atoms with Gasteiger partial charge in [-0.2, -0.15) is 0 Å². The molecule has 0 bridgehead atoms. The molecule has 4 aromatic rings. The van der Waals surface area contributed by atoms with Gasteiger partial charge < -0.3 is 28.7 Å². The molecule has 4 aromatic carbocycles. The maximum absolute atomic E-state index is 15.3. The van der Waals surface area contributed by atoms with Crippen LogP contribution in [0, 0.1) is 0 Å². The number of hydrogen-bond acceptors (Lipinski definition) is 7. The van der Waals surface area contributed by atoms with Crippen molar-refractivity contribution in [2.24, 2.45) is 0 Å². The van der Waals surface area contributed by atoms with Gasteiger partial charge in [-0.05, 0) is 73.2 Å². The number of ether oxygens (including phenoxy) is 4. The molecule has 9 heteroatoms. The van der Waals surface area contributed by atoms with E-state index in [1.165, 1.54) is 14.2 Å². The van der Waals surface area contributed by atoms with Crippen LogP contribution in [0.2, 0.25) is 0 Å². The quantitative estimate of drug-likeness (QED) is 0.181. The van der Waals surface area contributed by atoms with E-state index in [0.29, 0.717) is 24.0 Å². The third-order valence-electron chi connectivity index (χ3n) is 9.19. The van der Waals surface area contributed by atoms with E-state index in [1.807, 2.05) is 72.2 Å². The normalized spacial score (nSPS) is 21.5. The lowest BCUT2D eigenvalue weighted by Gasteiger charge is -2.37. The van der Waals surface area contributed by atoms with Gasteiger partial charge in [-0.1, -0.05) is 84.9 Å². The van der Waals surface area contributed by atoms with Gasteiger partial charge >= 0.3 is 18.0 Å². The van der Waals surface area contributed by atoms with Crippen LogP contribution < -0.4 is 0 Å². The van der Waals surface area contributed by atoms with Gasteiger partial charge in [0.2, 0.25) is 0 Å². The second-order valence-corrected chi connectivity index (χ2v) is 13.0. The Morgan fingerprint density at radius 2 is 1.00 bits per heavy atom. The molecule has 9 nitrogen and oxygen atoms in total. The predicted octanol–water partition coefficient (Wildman–Crippen LogP) is 6.44. The Kier molecular flexibility index (Phi) is 10.1. The molecular formula is C40H42N2O7. The molecule has 2 heterocycles. The van der Waals surface area contributed by atoms with Gasteiger partial charge in [-0.3, -0.25) is 0 Å². The fraction of sp³-hybridized carbons (Fsp3) is 0.325. The first-order valence-corrected chi connectivity index (χ1v) is 16.5. The largest absolute Gasteiger partial charge is 0.465 e. The Hall–Kier alpha value is -4.99. The van der Waals surface area contributed by atoms with Crippen LogP contribution in [0.3, 0.4) is 0 Å². The van der Waals surface area contributed by atoms with Crippen molar-refractivity contribution in [1.29, 1.82) is 0 Å². The molecule has 4 atom stereocenters. The summed E-state index contributed by atoms with van der Waals surface area (Å²) >= 11 is 0.